The van der Waals surface area contributed by atoms with Crippen molar-refractivity contribution in [3.63, 3.8) is 0 Å². The monoisotopic (exact) mass is 378 g/mol. The van der Waals surface area contributed by atoms with Crippen LogP contribution in [-0.2, 0) is 0 Å². The van der Waals surface area contributed by atoms with Crippen molar-refractivity contribution in [3.05, 3.63) is 54.1 Å². The van der Waals surface area contributed by atoms with Crippen LogP contribution in [0.15, 0.2) is 38.6 Å². The van der Waals surface area contributed by atoms with Gasteiger partial charge in [0.15, 0.2) is 0 Å². The van der Waals surface area contributed by atoms with E-state index in [0.717, 1.165) is 8.95 Å². The molecule has 1 nitrogen and oxygen atoms in total. The average molecular weight is 380 g/mol. The number of rotatable bonds is 2. The van der Waals surface area contributed by atoms with E-state index in [1.165, 1.54) is 11.3 Å². The lowest BCUT2D eigenvalue weighted by Crippen LogP contribution is -2.00. The molecule has 0 radical (unpaired) electrons. The standard InChI is InChI=1S/C11H5Br2ClOS/c12-6-1-2-8(13)7(5-6)10(15)11-9(14)3-4-16-11/h1-5H. The van der Waals surface area contributed by atoms with E-state index in [2.05, 4.69) is 31.9 Å². The van der Waals surface area contributed by atoms with Gasteiger partial charge in [0.05, 0.1) is 9.90 Å². The van der Waals surface area contributed by atoms with Crippen LogP contribution in [0.4, 0.5) is 0 Å². The summed E-state index contributed by atoms with van der Waals surface area (Å²) in [7, 11) is 0. The molecule has 0 saturated heterocycles. The number of benzene rings is 1. The average Bonchev–Trinajstić information content (AvgIpc) is 2.67. The zero-order valence-corrected chi connectivity index (χ0v) is 12.6. The largest absolute Gasteiger partial charge is 0.288 e. The van der Waals surface area contributed by atoms with Crippen LogP contribution in [0.2, 0.25) is 5.02 Å². The van der Waals surface area contributed by atoms with E-state index in [9.17, 15) is 4.79 Å². The molecule has 0 N–H and O–H groups in total. The molecule has 0 aliphatic rings. The minimum Gasteiger partial charge on any atom is -0.288 e. The van der Waals surface area contributed by atoms with Gasteiger partial charge in [-0.3, -0.25) is 4.79 Å². The van der Waals surface area contributed by atoms with Gasteiger partial charge in [0, 0.05) is 14.5 Å². The quantitative estimate of drug-likeness (QED) is 0.658. The molecule has 16 heavy (non-hydrogen) atoms. The lowest BCUT2D eigenvalue weighted by Gasteiger charge is -2.03. The first-order chi connectivity index (χ1) is 7.59. The van der Waals surface area contributed by atoms with Crippen molar-refractivity contribution in [2.75, 3.05) is 0 Å². The zero-order chi connectivity index (χ0) is 11.7. The molecule has 0 aliphatic carbocycles. The van der Waals surface area contributed by atoms with Crippen molar-refractivity contribution in [1.82, 2.24) is 0 Å². The molecular weight excluding hydrogens is 375 g/mol. The number of thiophene rings is 1. The third-order valence-electron chi connectivity index (χ3n) is 2.00. The van der Waals surface area contributed by atoms with Gasteiger partial charge in [0.25, 0.3) is 0 Å². The summed E-state index contributed by atoms with van der Waals surface area (Å²) in [4.78, 5) is 12.7. The Balaban J connectivity index is 2.49. The van der Waals surface area contributed by atoms with Crippen LogP contribution >= 0.6 is 54.8 Å². The fraction of sp³-hybridized carbons (Fsp3) is 0. The highest BCUT2D eigenvalue weighted by Crippen LogP contribution is 2.29. The maximum Gasteiger partial charge on any atom is 0.205 e. The SMILES string of the molecule is O=C(c1cc(Br)ccc1Br)c1sccc1Cl. The Bertz CT molecular complexity index is 551. The Kier molecular flexibility index (Phi) is 3.85. The van der Waals surface area contributed by atoms with Gasteiger partial charge in [0.2, 0.25) is 5.78 Å². The van der Waals surface area contributed by atoms with Crippen LogP contribution < -0.4 is 0 Å². The maximum absolute atomic E-state index is 12.2. The highest BCUT2D eigenvalue weighted by atomic mass is 79.9. The minimum atomic E-state index is -0.0619. The molecule has 2 rings (SSSR count). The molecule has 0 fully saturated rings. The molecule has 82 valence electrons. The predicted octanol–water partition coefficient (Wildman–Crippen LogP) is 5.16. The summed E-state index contributed by atoms with van der Waals surface area (Å²) in [5.74, 6) is -0.0619. The van der Waals surface area contributed by atoms with E-state index < -0.39 is 0 Å². The molecule has 5 heteroatoms. The summed E-state index contributed by atoms with van der Waals surface area (Å²) in [6.45, 7) is 0. The van der Waals surface area contributed by atoms with Crippen LogP contribution in [0.5, 0.6) is 0 Å². The van der Waals surface area contributed by atoms with Crippen molar-refractivity contribution < 1.29 is 4.79 Å². The summed E-state index contributed by atoms with van der Waals surface area (Å²) in [5.41, 5.74) is 0.610. The number of halogens is 3. The first kappa shape index (κ1) is 12.3. The van der Waals surface area contributed by atoms with Crippen LogP contribution in [-0.4, -0.2) is 5.78 Å². The number of carbonyl (C=O) groups is 1. The second-order valence-electron chi connectivity index (χ2n) is 3.05. The van der Waals surface area contributed by atoms with E-state index in [-0.39, 0.29) is 5.78 Å². The van der Waals surface area contributed by atoms with Gasteiger partial charge in [-0.2, -0.15) is 0 Å². The summed E-state index contributed by atoms with van der Waals surface area (Å²) in [5, 5.41) is 2.31. The summed E-state index contributed by atoms with van der Waals surface area (Å²) >= 11 is 14.0. The molecule has 0 atom stereocenters. The van der Waals surface area contributed by atoms with Gasteiger partial charge in [-0.25, -0.2) is 0 Å². The lowest BCUT2D eigenvalue weighted by molar-refractivity contribution is 0.104. The Morgan fingerprint density at radius 3 is 2.62 bits per heavy atom. The smallest absolute Gasteiger partial charge is 0.205 e. The second kappa shape index (κ2) is 5.00. The van der Waals surface area contributed by atoms with Crippen molar-refractivity contribution in [1.29, 1.82) is 0 Å². The molecule has 0 aliphatic heterocycles. The number of hydrogen-bond acceptors (Lipinski definition) is 2. The number of hydrogen-bond donors (Lipinski definition) is 0. The predicted molar refractivity (Wildman–Crippen MR) is 74.6 cm³/mol. The van der Waals surface area contributed by atoms with E-state index in [1.54, 1.807) is 12.1 Å². The first-order valence-corrected chi connectivity index (χ1v) is 7.16. The Labute approximate surface area is 119 Å². The number of carbonyl (C=O) groups excluding carboxylic acids is 1. The van der Waals surface area contributed by atoms with Gasteiger partial charge in [-0.1, -0.05) is 43.5 Å². The molecule has 0 spiro atoms. The fourth-order valence-corrected chi connectivity index (χ4v) is 3.13. The maximum atomic E-state index is 12.2. The Hall–Kier alpha value is -0.160. The normalized spacial score (nSPS) is 10.4. The van der Waals surface area contributed by atoms with Crippen molar-refractivity contribution in [2.24, 2.45) is 0 Å². The van der Waals surface area contributed by atoms with Crippen LogP contribution in [0.3, 0.4) is 0 Å². The van der Waals surface area contributed by atoms with Crippen LogP contribution in [0.1, 0.15) is 15.2 Å². The molecule has 0 amide bonds. The highest BCUT2D eigenvalue weighted by molar-refractivity contribution is 9.11. The molecule has 1 aromatic heterocycles. The van der Waals surface area contributed by atoms with E-state index >= 15 is 0 Å². The van der Waals surface area contributed by atoms with Crippen LogP contribution in [0, 0.1) is 0 Å². The third-order valence-corrected chi connectivity index (χ3v) is 4.52. The molecule has 0 saturated carbocycles. The van der Waals surface area contributed by atoms with Gasteiger partial charge in [-0.05, 0) is 29.6 Å². The van der Waals surface area contributed by atoms with E-state index in [1.807, 2.05) is 17.5 Å². The van der Waals surface area contributed by atoms with Crippen molar-refractivity contribution >= 4 is 60.6 Å². The Morgan fingerprint density at radius 2 is 2.00 bits per heavy atom. The second-order valence-corrected chi connectivity index (χ2v) is 6.14. The minimum absolute atomic E-state index is 0.0619. The molecule has 2 aromatic rings. The van der Waals surface area contributed by atoms with Crippen molar-refractivity contribution in [2.45, 2.75) is 0 Å². The molecule has 1 aromatic carbocycles. The van der Waals surface area contributed by atoms with E-state index in [0.29, 0.717) is 15.5 Å². The van der Waals surface area contributed by atoms with Gasteiger partial charge in [0.1, 0.15) is 0 Å². The van der Waals surface area contributed by atoms with E-state index in [4.69, 9.17) is 11.6 Å². The lowest BCUT2D eigenvalue weighted by atomic mass is 10.1. The highest BCUT2D eigenvalue weighted by Gasteiger charge is 2.17. The summed E-state index contributed by atoms with van der Waals surface area (Å²) in [6.07, 6.45) is 0. The van der Waals surface area contributed by atoms with Crippen LogP contribution in [0.25, 0.3) is 0 Å². The van der Waals surface area contributed by atoms with Gasteiger partial charge >= 0.3 is 0 Å². The van der Waals surface area contributed by atoms with Gasteiger partial charge < -0.3 is 0 Å². The first-order valence-electron chi connectivity index (χ1n) is 4.32. The Morgan fingerprint density at radius 1 is 1.25 bits per heavy atom. The number of ketones is 1. The van der Waals surface area contributed by atoms with Crippen molar-refractivity contribution in [3.8, 4) is 0 Å². The zero-order valence-electron chi connectivity index (χ0n) is 7.84. The molecular formula is C11H5Br2ClOS. The summed E-state index contributed by atoms with van der Waals surface area (Å²) < 4.78 is 1.64. The summed E-state index contributed by atoms with van der Waals surface area (Å²) in [6, 6.07) is 7.21. The third kappa shape index (κ3) is 2.40. The van der Waals surface area contributed by atoms with Gasteiger partial charge in [-0.15, -0.1) is 11.3 Å². The molecule has 1 heterocycles. The fourth-order valence-electron chi connectivity index (χ4n) is 1.25. The topological polar surface area (TPSA) is 17.1 Å². The molecule has 0 unspecified atom stereocenters. The molecule has 0 bridgehead atoms.